The predicted molar refractivity (Wildman–Crippen MR) is 59.5 cm³/mol. The van der Waals surface area contributed by atoms with E-state index >= 15 is 0 Å². The van der Waals surface area contributed by atoms with Gasteiger partial charge in [0.15, 0.2) is 5.75 Å². The second-order valence-corrected chi connectivity index (χ2v) is 3.79. The van der Waals surface area contributed by atoms with E-state index in [0.29, 0.717) is 0 Å². The summed E-state index contributed by atoms with van der Waals surface area (Å²) in [6.45, 7) is -0.291. The molecule has 21 heavy (non-hydrogen) atoms. The van der Waals surface area contributed by atoms with Crippen LogP contribution in [0, 0.1) is 0 Å². The van der Waals surface area contributed by atoms with Crippen molar-refractivity contribution in [2.75, 3.05) is 7.11 Å². The lowest BCUT2D eigenvalue weighted by atomic mass is 10.1. The number of aromatic nitrogens is 1. The van der Waals surface area contributed by atoms with Crippen molar-refractivity contribution in [3.8, 4) is 5.75 Å². The fourth-order valence-electron chi connectivity index (χ4n) is 1.51. The number of carbonyl (C=O) groups is 1. The standard InChI is InChI=1S/C11H11F5N2O3/c1-20-7(19)3-5-2-6(4-17)18-8(10(12)13)9(5)21-11(14,15)16/h2,10H,3-4,17H2,1H3. The lowest BCUT2D eigenvalue weighted by Crippen LogP contribution is -2.21. The molecule has 0 fully saturated rings. The van der Waals surface area contributed by atoms with Crippen molar-refractivity contribution < 1.29 is 36.2 Å². The van der Waals surface area contributed by atoms with Crippen LogP contribution in [-0.4, -0.2) is 24.4 Å². The van der Waals surface area contributed by atoms with Crippen LogP contribution < -0.4 is 10.5 Å². The first-order valence-electron chi connectivity index (χ1n) is 5.51. The third kappa shape index (κ3) is 4.81. The Bertz CT molecular complexity index is 519. The number of nitrogens with two attached hydrogens (primary N) is 1. The van der Waals surface area contributed by atoms with Gasteiger partial charge in [-0.05, 0) is 6.07 Å². The number of carbonyl (C=O) groups excluding carboxylic acids is 1. The molecule has 0 aliphatic carbocycles. The number of pyridine rings is 1. The zero-order valence-electron chi connectivity index (χ0n) is 10.7. The number of nitrogens with zero attached hydrogens (tertiary/aromatic N) is 1. The Morgan fingerprint density at radius 1 is 1.43 bits per heavy atom. The molecule has 10 heteroatoms. The van der Waals surface area contributed by atoms with Gasteiger partial charge in [-0.1, -0.05) is 0 Å². The molecule has 0 spiro atoms. The average molecular weight is 314 g/mol. The van der Waals surface area contributed by atoms with Crippen LogP contribution in [0.5, 0.6) is 5.75 Å². The van der Waals surface area contributed by atoms with Crippen molar-refractivity contribution in [1.82, 2.24) is 4.98 Å². The van der Waals surface area contributed by atoms with Crippen molar-refractivity contribution in [2.24, 2.45) is 5.73 Å². The fraction of sp³-hybridized carbons (Fsp3) is 0.455. The highest BCUT2D eigenvalue weighted by molar-refractivity contribution is 5.73. The van der Waals surface area contributed by atoms with Gasteiger partial charge >= 0.3 is 12.3 Å². The number of methoxy groups -OCH3 is 1. The number of hydrogen-bond acceptors (Lipinski definition) is 5. The summed E-state index contributed by atoms with van der Waals surface area (Å²) in [7, 11) is 1.01. The second-order valence-electron chi connectivity index (χ2n) is 3.79. The number of ether oxygens (including phenoxy) is 2. The van der Waals surface area contributed by atoms with E-state index < -0.39 is 42.2 Å². The largest absolute Gasteiger partial charge is 0.573 e. The Balaban J connectivity index is 3.40. The quantitative estimate of drug-likeness (QED) is 0.665. The molecule has 0 unspecified atom stereocenters. The van der Waals surface area contributed by atoms with Crippen LogP contribution in [0.2, 0.25) is 0 Å². The lowest BCUT2D eigenvalue weighted by Gasteiger charge is -2.17. The van der Waals surface area contributed by atoms with Crippen LogP contribution >= 0.6 is 0 Å². The second kappa shape index (κ2) is 6.66. The van der Waals surface area contributed by atoms with Gasteiger partial charge < -0.3 is 15.2 Å². The van der Waals surface area contributed by atoms with Crippen molar-refractivity contribution >= 4 is 5.97 Å². The third-order valence-corrected chi connectivity index (χ3v) is 2.33. The molecule has 1 aromatic rings. The summed E-state index contributed by atoms with van der Waals surface area (Å²) in [5, 5.41) is 0. The summed E-state index contributed by atoms with van der Waals surface area (Å²) in [5.41, 5.74) is 3.49. The van der Waals surface area contributed by atoms with Crippen LogP contribution in [0.1, 0.15) is 23.4 Å². The number of alkyl halides is 5. The van der Waals surface area contributed by atoms with Crippen LogP contribution in [0.15, 0.2) is 6.07 Å². The zero-order chi connectivity index (χ0) is 16.2. The minimum atomic E-state index is -5.21. The van der Waals surface area contributed by atoms with E-state index in [1.807, 2.05) is 0 Å². The molecule has 1 rings (SSSR count). The maximum Gasteiger partial charge on any atom is 0.573 e. The first kappa shape index (κ1) is 17.1. The number of rotatable bonds is 5. The number of esters is 1. The van der Waals surface area contributed by atoms with E-state index in [1.54, 1.807) is 0 Å². The van der Waals surface area contributed by atoms with Gasteiger partial charge in [-0.3, -0.25) is 4.79 Å². The van der Waals surface area contributed by atoms with E-state index in [1.165, 1.54) is 0 Å². The van der Waals surface area contributed by atoms with Crippen molar-refractivity contribution in [1.29, 1.82) is 0 Å². The SMILES string of the molecule is COC(=O)Cc1cc(CN)nc(C(F)F)c1OC(F)(F)F. The molecule has 118 valence electrons. The molecule has 0 radical (unpaired) electrons. The van der Waals surface area contributed by atoms with Crippen LogP contribution in [0.3, 0.4) is 0 Å². The van der Waals surface area contributed by atoms with Crippen molar-refractivity contribution in [2.45, 2.75) is 25.8 Å². The van der Waals surface area contributed by atoms with E-state index in [0.717, 1.165) is 13.2 Å². The van der Waals surface area contributed by atoms with Crippen LogP contribution in [0.4, 0.5) is 22.0 Å². The van der Waals surface area contributed by atoms with E-state index in [2.05, 4.69) is 14.5 Å². The summed E-state index contributed by atoms with van der Waals surface area (Å²) in [6.07, 6.45) is -9.22. The summed E-state index contributed by atoms with van der Waals surface area (Å²) < 4.78 is 70.6. The summed E-state index contributed by atoms with van der Waals surface area (Å²) in [5.74, 6) is -2.13. The molecule has 0 saturated heterocycles. The molecule has 0 atom stereocenters. The molecule has 0 bridgehead atoms. The van der Waals surface area contributed by atoms with Gasteiger partial charge in [0.2, 0.25) is 0 Å². The summed E-state index contributed by atoms with van der Waals surface area (Å²) in [4.78, 5) is 14.5. The molecule has 1 aromatic heterocycles. The Hall–Kier alpha value is -1.97. The molecule has 0 aliphatic heterocycles. The topological polar surface area (TPSA) is 74.4 Å². The lowest BCUT2D eigenvalue weighted by molar-refractivity contribution is -0.275. The number of halogens is 5. The molecule has 0 aliphatic rings. The highest BCUT2D eigenvalue weighted by Gasteiger charge is 2.35. The van der Waals surface area contributed by atoms with Crippen molar-refractivity contribution in [3.05, 3.63) is 23.0 Å². The van der Waals surface area contributed by atoms with Crippen LogP contribution in [-0.2, 0) is 22.5 Å². The number of hydrogen-bond donors (Lipinski definition) is 1. The van der Waals surface area contributed by atoms with Gasteiger partial charge in [0.1, 0.15) is 5.69 Å². The predicted octanol–water partition coefficient (Wildman–Crippen LogP) is 2.09. The van der Waals surface area contributed by atoms with Gasteiger partial charge in [-0.2, -0.15) is 0 Å². The van der Waals surface area contributed by atoms with E-state index in [-0.39, 0.29) is 12.2 Å². The molecule has 2 N–H and O–H groups in total. The Morgan fingerprint density at radius 2 is 2.05 bits per heavy atom. The smallest absolute Gasteiger partial charge is 0.469 e. The Labute approximate surface area is 115 Å². The maximum absolute atomic E-state index is 12.9. The fourth-order valence-corrected chi connectivity index (χ4v) is 1.51. The van der Waals surface area contributed by atoms with Crippen molar-refractivity contribution in [3.63, 3.8) is 0 Å². The normalized spacial score (nSPS) is 11.6. The van der Waals surface area contributed by atoms with E-state index in [4.69, 9.17) is 5.73 Å². The van der Waals surface area contributed by atoms with Gasteiger partial charge in [0.25, 0.3) is 6.43 Å². The monoisotopic (exact) mass is 314 g/mol. The van der Waals surface area contributed by atoms with Gasteiger partial charge in [-0.15, -0.1) is 13.2 Å². The minimum Gasteiger partial charge on any atom is -0.469 e. The minimum absolute atomic E-state index is 0.0984. The molecule has 0 saturated carbocycles. The molecule has 0 amide bonds. The molecule has 5 nitrogen and oxygen atoms in total. The molecule has 1 heterocycles. The molecule has 0 aromatic carbocycles. The van der Waals surface area contributed by atoms with Gasteiger partial charge in [0, 0.05) is 12.1 Å². The van der Waals surface area contributed by atoms with Crippen LogP contribution in [0.25, 0.3) is 0 Å². The average Bonchev–Trinajstić information content (AvgIpc) is 2.38. The highest BCUT2D eigenvalue weighted by Crippen LogP contribution is 2.35. The molecular formula is C11H11F5N2O3. The molecular weight excluding hydrogens is 303 g/mol. The Morgan fingerprint density at radius 3 is 2.48 bits per heavy atom. The first-order chi connectivity index (χ1) is 9.67. The van der Waals surface area contributed by atoms with E-state index in [9.17, 15) is 26.7 Å². The Kier molecular flexibility index (Phi) is 5.41. The highest BCUT2D eigenvalue weighted by atomic mass is 19.4. The van der Waals surface area contributed by atoms with Gasteiger partial charge in [-0.25, -0.2) is 13.8 Å². The first-order valence-corrected chi connectivity index (χ1v) is 5.51. The van der Waals surface area contributed by atoms with Gasteiger partial charge in [0.05, 0.1) is 19.2 Å². The third-order valence-electron chi connectivity index (χ3n) is 2.33. The zero-order valence-corrected chi connectivity index (χ0v) is 10.7. The maximum atomic E-state index is 12.9. The summed E-state index contributed by atoms with van der Waals surface area (Å²) >= 11 is 0. The summed E-state index contributed by atoms with van der Waals surface area (Å²) in [6, 6.07) is 0.990.